The average Bonchev–Trinajstić information content (AvgIpc) is 2.08. The van der Waals surface area contributed by atoms with Gasteiger partial charge in [-0.25, -0.2) is 4.39 Å². The molecule has 1 rings (SSSR count). The molecule has 0 bridgehead atoms. The Bertz CT molecular complexity index is 407. The monoisotopic (exact) mass is 178 g/mol. The van der Waals surface area contributed by atoms with Gasteiger partial charge in [-0.3, -0.25) is 4.79 Å². The van der Waals surface area contributed by atoms with Gasteiger partial charge in [0.25, 0.3) is 0 Å². The van der Waals surface area contributed by atoms with Crippen molar-refractivity contribution in [3.05, 3.63) is 29.1 Å². The first-order chi connectivity index (χ1) is 6.07. The highest BCUT2D eigenvalue weighted by Gasteiger charge is 2.15. The van der Waals surface area contributed by atoms with Crippen LogP contribution in [0.3, 0.4) is 0 Å². The summed E-state index contributed by atoms with van der Waals surface area (Å²) in [6.45, 7) is 1.19. The van der Waals surface area contributed by atoms with Crippen LogP contribution in [0.2, 0.25) is 0 Å². The molecule has 0 aliphatic carbocycles. The predicted molar refractivity (Wildman–Crippen MR) is 45.5 cm³/mol. The van der Waals surface area contributed by atoms with Crippen LogP contribution in [0.25, 0.3) is 0 Å². The van der Waals surface area contributed by atoms with Crippen molar-refractivity contribution in [2.45, 2.75) is 6.92 Å². The van der Waals surface area contributed by atoms with Gasteiger partial charge in [-0.15, -0.1) is 0 Å². The van der Waals surface area contributed by atoms with E-state index in [1.165, 1.54) is 19.1 Å². The maximum atomic E-state index is 13.2. The minimum Gasteiger partial charge on any atom is -0.396 e. The molecule has 0 saturated carbocycles. The summed E-state index contributed by atoms with van der Waals surface area (Å²) in [5.41, 5.74) is 4.90. The molecule has 1 aromatic carbocycles. The van der Waals surface area contributed by atoms with Crippen molar-refractivity contribution in [1.82, 2.24) is 0 Å². The molecule has 2 N–H and O–H groups in total. The van der Waals surface area contributed by atoms with Gasteiger partial charge in [0.15, 0.2) is 11.6 Å². The van der Waals surface area contributed by atoms with E-state index in [9.17, 15) is 9.18 Å². The van der Waals surface area contributed by atoms with Gasteiger partial charge in [0, 0.05) is 0 Å². The molecule has 0 aliphatic heterocycles. The lowest BCUT2D eigenvalue weighted by molar-refractivity contribution is 0.101. The smallest absolute Gasteiger partial charge is 0.164 e. The summed E-state index contributed by atoms with van der Waals surface area (Å²) >= 11 is 0. The largest absolute Gasteiger partial charge is 0.396 e. The SMILES string of the molecule is CC(=O)c1c(C#N)ccc(N)c1F. The Morgan fingerprint density at radius 2 is 2.23 bits per heavy atom. The number of hydrogen-bond donors (Lipinski definition) is 1. The number of rotatable bonds is 1. The molecule has 4 heteroatoms. The van der Waals surface area contributed by atoms with E-state index >= 15 is 0 Å². The van der Waals surface area contributed by atoms with E-state index in [1.807, 2.05) is 0 Å². The third kappa shape index (κ3) is 1.49. The summed E-state index contributed by atoms with van der Waals surface area (Å²) in [6.07, 6.45) is 0. The van der Waals surface area contributed by atoms with E-state index < -0.39 is 11.6 Å². The molecule has 0 amide bonds. The third-order valence-electron chi connectivity index (χ3n) is 1.64. The van der Waals surface area contributed by atoms with Crippen LogP contribution in [0.1, 0.15) is 22.8 Å². The summed E-state index contributed by atoms with van der Waals surface area (Å²) in [5.74, 6) is -1.31. The molecular weight excluding hydrogens is 171 g/mol. The van der Waals surface area contributed by atoms with E-state index in [-0.39, 0.29) is 16.8 Å². The molecule has 0 unspecified atom stereocenters. The molecule has 0 spiro atoms. The van der Waals surface area contributed by atoms with Crippen LogP contribution in [0.5, 0.6) is 0 Å². The molecule has 1 aromatic rings. The Labute approximate surface area is 74.6 Å². The Morgan fingerprint density at radius 3 is 2.69 bits per heavy atom. The fraction of sp³-hybridized carbons (Fsp3) is 0.111. The van der Waals surface area contributed by atoms with Gasteiger partial charge in [0.05, 0.1) is 22.9 Å². The minimum absolute atomic E-state index is 0.0131. The van der Waals surface area contributed by atoms with E-state index in [0.29, 0.717) is 0 Å². The van der Waals surface area contributed by atoms with Crippen LogP contribution in [0.4, 0.5) is 10.1 Å². The number of hydrogen-bond acceptors (Lipinski definition) is 3. The number of Topliss-reactive ketones (excluding diaryl/α,β-unsaturated/α-hetero) is 1. The maximum absolute atomic E-state index is 13.2. The second kappa shape index (κ2) is 3.23. The van der Waals surface area contributed by atoms with Crippen molar-refractivity contribution in [3.63, 3.8) is 0 Å². The zero-order chi connectivity index (χ0) is 10.0. The van der Waals surface area contributed by atoms with Crippen LogP contribution in [-0.2, 0) is 0 Å². The number of nitrogen functional groups attached to an aromatic ring is 1. The Balaban J connectivity index is 3.53. The highest BCUT2D eigenvalue weighted by atomic mass is 19.1. The summed E-state index contributed by atoms with van der Waals surface area (Å²) in [4.78, 5) is 11.0. The number of carbonyl (C=O) groups excluding carboxylic acids is 1. The first-order valence-corrected chi connectivity index (χ1v) is 3.57. The normalized spacial score (nSPS) is 9.31. The molecule has 66 valence electrons. The second-order valence-electron chi connectivity index (χ2n) is 2.56. The molecule has 0 saturated heterocycles. The summed E-state index contributed by atoms with van der Waals surface area (Å²) < 4.78 is 13.2. The lowest BCUT2D eigenvalue weighted by Crippen LogP contribution is -2.04. The van der Waals surface area contributed by atoms with E-state index in [1.54, 1.807) is 6.07 Å². The summed E-state index contributed by atoms with van der Waals surface area (Å²) in [7, 11) is 0. The minimum atomic E-state index is -0.813. The lowest BCUT2D eigenvalue weighted by Gasteiger charge is -2.03. The number of nitriles is 1. The predicted octanol–water partition coefficient (Wildman–Crippen LogP) is 1.48. The average molecular weight is 178 g/mol. The molecule has 3 nitrogen and oxygen atoms in total. The van der Waals surface area contributed by atoms with E-state index in [2.05, 4.69) is 0 Å². The summed E-state index contributed by atoms with van der Waals surface area (Å²) in [5, 5.41) is 8.57. The molecule has 0 aliphatic rings. The standard InChI is InChI=1S/C9H7FN2O/c1-5(13)8-6(4-11)2-3-7(12)9(8)10/h2-3H,12H2,1H3. The van der Waals surface area contributed by atoms with Gasteiger partial charge < -0.3 is 5.73 Å². The maximum Gasteiger partial charge on any atom is 0.164 e. The van der Waals surface area contributed by atoms with Crippen molar-refractivity contribution in [2.24, 2.45) is 0 Å². The summed E-state index contributed by atoms with van der Waals surface area (Å²) in [6, 6.07) is 4.32. The van der Waals surface area contributed by atoms with E-state index in [0.717, 1.165) is 0 Å². The zero-order valence-corrected chi connectivity index (χ0v) is 6.97. The first kappa shape index (κ1) is 9.20. The highest BCUT2D eigenvalue weighted by molar-refractivity contribution is 5.97. The van der Waals surface area contributed by atoms with Crippen molar-refractivity contribution < 1.29 is 9.18 Å². The number of ketones is 1. The van der Waals surface area contributed by atoms with Crippen LogP contribution in [0.15, 0.2) is 12.1 Å². The molecular formula is C9H7FN2O. The number of carbonyl (C=O) groups is 1. The lowest BCUT2D eigenvalue weighted by atomic mass is 10.0. The number of benzene rings is 1. The van der Waals surface area contributed by atoms with Crippen LogP contribution < -0.4 is 5.73 Å². The van der Waals surface area contributed by atoms with Gasteiger partial charge >= 0.3 is 0 Å². The molecule has 13 heavy (non-hydrogen) atoms. The van der Waals surface area contributed by atoms with Crippen molar-refractivity contribution in [2.75, 3.05) is 5.73 Å². The third-order valence-corrected chi connectivity index (χ3v) is 1.64. The molecule has 0 aromatic heterocycles. The Kier molecular flexibility index (Phi) is 2.29. The number of halogens is 1. The molecule has 0 heterocycles. The van der Waals surface area contributed by atoms with Gasteiger partial charge in [0.1, 0.15) is 0 Å². The number of nitrogens with zero attached hydrogens (tertiary/aromatic N) is 1. The fourth-order valence-corrected chi connectivity index (χ4v) is 1.03. The van der Waals surface area contributed by atoms with E-state index in [4.69, 9.17) is 11.0 Å². The van der Waals surface area contributed by atoms with Crippen molar-refractivity contribution >= 4 is 11.5 Å². The zero-order valence-electron chi connectivity index (χ0n) is 6.97. The number of anilines is 1. The highest BCUT2D eigenvalue weighted by Crippen LogP contribution is 2.19. The first-order valence-electron chi connectivity index (χ1n) is 3.57. The van der Waals surface area contributed by atoms with Gasteiger partial charge in [-0.05, 0) is 19.1 Å². The van der Waals surface area contributed by atoms with Crippen molar-refractivity contribution in [1.29, 1.82) is 5.26 Å². The Morgan fingerprint density at radius 1 is 1.62 bits per heavy atom. The topological polar surface area (TPSA) is 66.9 Å². The van der Waals surface area contributed by atoms with Crippen molar-refractivity contribution in [3.8, 4) is 6.07 Å². The fourth-order valence-electron chi connectivity index (χ4n) is 1.03. The quantitative estimate of drug-likeness (QED) is 0.523. The van der Waals surface area contributed by atoms with Gasteiger partial charge in [-0.1, -0.05) is 0 Å². The van der Waals surface area contributed by atoms with Crippen LogP contribution in [-0.4, -0.2) is 5.78 Å². The van der Waals surface area contributed by atoms with Crippen LogP contribution in [0, 0.1) is 17.1 Å². The molecule has 0 radical (unpaired) electrons. The van der Waals surface area contributed by atoms with Crippen LogP contribution >= 0.6 is 0 Å². The van der Waals surface area contributed by atoms with Gasteiger partial charge in [0.2, 0.25) is 0 Å². The molecule has 0 fully saturated rings. The number of nitrogens with two attached hydrogens (primary N) is 1. The Hall–Kier alpha value is -1.89. The van der Waals surface area contributed by atoms with Gasteiger partial charge in [-0.2, -0.15) is 5.26 Å². The second-order valence-corrected chi connectivity index (χ2v) is 2.56. The molecule has 0 atom stereocenters.